The van der Waals surface area contributed by atoms with Gasteiger partial charge in [0.15, 0.2) is 5.78 Å². The molecule has 3 aromatic rings. The van der Waals surface area contributed by atoms with Crippen molar-refractivity contribution in [3.8, 4) is 6.07 Å². The number of benzene rings is 1. The van der Waals surface area contributed by atoms with Crippen molar-refractivity contribution in [2.75, 3.05) is 5.75 Å². The van der Waals surface area contributed by atoms with Crippen molar-refractivity contribution in [1.29, 1.82) is 5.26 Å². The fraction of sp³-hybridized carbons (Fsp3) is 0.118. The van der Waals surface area contributed by atoms with E-state index in [9.17, 15) is 10.1 Å². The van der Waals surface area contributed by atoms with Crippen molar-refractivity contribution >= 4 is 23.1 Å². The lowest BCUT2D eigenvalue weighted by atomic mass is 10.2. The van der Waals surface area contributed by atoms with Crippen LogP contribution in [0, 0.1) is 18.3 Å². The quantitative estimate of drug-likeness (QED) is 0.547. The van der Waals surface area contributed by atoms with Gasteiger partial charge in [-0.2, -0.15) is 10.4 Å². The van der Waals surface area contributed by atoms with Crippen molar-refractivity contribution in [1.82, 2.24) is 9.61 Å². The lowest BCUT2D eigenvalue weighted by Crippen LogP contribution is -2.02. The summed E-state index contributed by atoms with van der Waals surface area (Å²) in [7, 11) is 0. The van der Waals surface area contributed by atoms with Crippen LogP contribution in [0.5, 0.6) is 0 Å². The van der Waals surface area contributed by atoms with E-state index in [4.69, 9.17) is 0 Å². The van der Waals surface area contributed by atoms with Crippen molar-refractivity contribution in [3.05, 3.63) is 65.4 Å². The molecule has 0 saturated carbocycles. The molecule has 5 heteroatoms. The van der Waals surface area contributed by atoms with E-state index in [2.05, 4.69) is 11.2 Å². The number of nitrogens with zero attached hydrogens (tertiary/aromatic N) is 3. The first-order valence-electron chi connectivity index (χ1n) is 6.79. The zero-order chi connectivity index (χ0) is 15.5. The first kappa shape index (κ1) is 14.4. The van der Waals surface area contributed by atoms with Gasteiger partial charge in [0.25, 0.3) is 0 Å². The minimum Gasteiger partial charge on any atom is -0.293 e. The second kappa shape index (κ2) is 6.04. The van der Waals surface area contributed by atoms with Crippen LogP contribution in [0.3, 0.4) is 0 Å². The Kier molecular flexibility index (Phi) is 3.94. The number of ketones is 1. The average Bonchev–Trinajstić information content (AvgIpc) is 2.90. The maximum absolute atomic E-state index is 12.1. The molecule has 3 rings (SSSR count). The molecule has 0 N–H and O–H groups in total. The van der Waals surface area contributed by atoms with Crippen molar-refractivity contribution in [2.24, 2.45) is 0 Å². The van der Waals surface area contributed by atoms with Crippen LogP contribution in [0.1, 0.15) is 21.5 Å². The maximum atomic E-state index is 12.1. The molecule has 2 aromatic heterocycles. The van der Waals surface area contributed by atoms with E-state index in [0.717, 1.165) is 11.1 Å². The molecule has 0 atom stereocenters. The van der Waals surface area contributed by atoms with Crippen molar-refractivity contribution in [3.63, 3.8) is 0 Å². The minimum atomic E-state index is 0.0303. The lowest BCUT2D eigenvalue weighted by Gasteiger charge is -1.99. The summed E-state index contributed by atoms with van der Waals surface area (Å²) in [5.74, 6) is 0.296. The van der Waals surface area contributed by atoms with Gasteiger partial charge in [0, 0.05) is 11.8 Å². The molecule has 2 heterocycles. The summed E-state index contributed by atoms with van der Waals surface area (Å²) in [6.45, 7) is 1.97. The van der Waals surface area contributed by atoms with E-state index >= 15 is 0 Å². The molecular formula is C17H13N3OS. The van der Waals surface area contributed by atoms with Gasteiger partial charge in [0.1, 0.15) is 16.7 Å². The Balaban J connectivity index is 1.85. The Labute approximate surface area is 132 Å². The summed E-state index contributed by atoms with van der Waals surface area (Å²) in [6, 6.07) is 15.2. The molecule has 4 nitrogen and oxygen atoms in total. The van der Waals surface area contributed by atoms with Gasteiger partial charge >= 0.3 is 0 Å². The molecule has 0 unspecified atom stereocenters. The van der Waals surface area contributed by atoms with E-state index in [1.54, 1.807) is 16.6 Å². The van der Waals surface area contributed by atoms with Crippen LogP contribution in [0.25, 0.3) is 5.52 Å². The van der Waals surface area contributed by atoms with E-state index in [0.29, 0.717) is 16.2 Å². The smallest absolute Gasteiger partial charge is 0.173 e. The number of pyridine rings is 1. The van der Waals surface area contributed by atoms with E-state index in [1.165, 1.54) is 11.8 Å². The number of hydrogen-bond acceptors (Lipinski definition) is 4. The number of hydrogen-bond donors (Lipinski definition) is 0. The molecule has 0 bridgehead atoms. The largest absolute Gasteiger partial charge is 0.293 e. The van der Waals surface area contributed by atoms with Crippen molar-refractivity contribution in [2.45, 2.75) is 11.9 Å². The van der Waals surface area contributed by atoms with Crippen LogP contribution in [0.4, 0.5) is 0 Å². The summed E-state index contributed by atoms with van der Waals surface area (Å²) >= 11 is 1.30. The summed E-state index contributed by atoms with van der Waals surface area (Å²) < 4.78 is 1.68. The highest BCUT2D eigenvalue weighted by atomic mass is 32.2. The summed E-state index contributed by atoms with van der Waals surface area (Å²) in [5.41, 5.74) is 3.04. The first-order chi connectivity index (χ1) is 10.7. The Hall–Kier alpha value is -2.58. The highest BCUT2D eigenvalue weighted by Gasteiger charge is 2.15. The van der Waals surface area contributed by atoms with E-state index < -0.39 is 0 Å². The Morgan fingerprint density at radius 1 is 1.32 bits per heavy atom. The number of carbonyl (C=O) groups excluding carboxylic acids is 1. The van der Waals surface area contributed by atoms with Gasteiger partial charge in [-0.05, 0) is 24.6 Å². The Bertz CT molecular complexity index is 878. The second-order valence-corrected chi connectivity index (χ2v) is 5.87. The topological polar surface area (TPSA) is 58.2 Å². The van der Waals surface area contributed by atoms with Crippen LogP contribution in [0.15, 0.2) is 53.7 Å². The van der Waals surface area contributed by atoms with Gasteiger partial charge in [-0.25, -0.2) is 4.52 Å². The summed E-state index contributed by atoms with van der Waals surface area (Å²) in [6.07, 6.45) is 1.83. The number of carbonyl (C=O) groups is 1. The lowest BCUT2D eigenvalue weighted by molar-refractivity contribution is 0.102. The van der Waals surface area contributed by atoms with Crippen molar-refractivity contribution < 1.29 is 4.79 Å². The number of Topliss-reactive ketones (excluding diaryl/α,β-unsaturated/α-hetero) is 1. The van der Waals surface area contributed by atoms with Gasteiger partial charge in [-0.3, -0.25) is 4.79 Å². The van der Waals surface area contributed by atoms with Gasteiger partial charge < -0.3 is 0 Å². The standard InChI is InChI=1S/C17H13N3OS/c1-12-7-8-20-15(9-12)14(10-18)17(19-20)22-11-16(21)13-5-3-2-4-6-13/h2-9H,11H2,1H3. The molecule has 0 aliphatic carbocycles. The third-order valence-corrected chi connectivity index (χ3v) is 4.27. The number of aromatic nitrogens is 2. The van der Waals surface area contributed by atoms with Crippen LogP contribution < -0.4 is 0 Å². The fourth-order valence-electron chi connectivity index (χ4n) is 2.18. The molecule has 0 amide bonds. The summed E-state index contributed by atoms with van der Waals surface area (Å²) in [4.78, 5) is 12.1. The van der Waals surface area contributed by atoms with Crippen LogP contribution in [0.2, 0.25) is 0 Å². The molecule has 0 saturated heterocycles. The Morgan fingerprint density at radius 2 is 2.09 bits per heavy atom. The van der Waals surface area contributed by atoms with Gasteiger partial charge in [0.05, 0.1) is 11.3 Å². The normalized spacial score (nSPS) is 10.5. The zero-order valence-corrected chi connectivity index (χ0v) is 12.8. The fourth-order valence-corrected chi connectivity index (χ4v) is 3.05. The molecule has 0 radical (unpaired) electrons. The van der Waals surface area contributed by atoms with Gasteiger partial charge in [0.2, 0.25) is 0 Å². The molecule has 0 fully saturated rings. The minimum absolute atomic E-state index is 0.0303. The third-order valence-electron chi connectivity index (χ3n) is 3.31. The third kappa shape index (κ3) is 2.74. The number of thioether (sulfide) groups is 1. The average molecular weight is 307 g/mol. The Morgan fingerprint density at radius 3 is 2.82 bits per heavy atom. The zero-order valence-electron chi connectivity index (χ0n) is 12.0. The second-order valence-electron chi connectivity index (χ2n) is 4.90. The monoisotopic (exact) mass is 307 g/mol. The van der Waals surface area contributed by atoms with Gasteiger partial charge in [-0.1, -0.05) is 42.1 Å². The number of nitriles is 1. The molecule has 108 valence electrons. The van der Waals surface area contributed by atoms with Gasteiger partial charge in [-0.15, -0.1) is 0 Å². The molecule has 22 heavy (non-hydrogen) atoms. The molecule has 0 aliphatic rings. The predicted octanol–water partition coefficient (Wildman–Crippen LogP) is 3.49. The maximum Gasteiger partial charge on any atom is 0.173 e. The highest BCUT2D eigenvalue weighted by molar-refractivity contribution is 8.00. The highest BCUT2D eigenvalue weighted by Crippen LogP contribution is 2.25. The van der Waals surface area contributed by atoms with Crippen LogP contribution in [-0.2, 0) is 0 Å². The number of fused-ring (bicyclic) bond motifs is 1. The molecular weight excluding hydrogens is 294 g/mol. The predicted molar refractivity (Wildman–Crippen MR) is 86.1 cm³/mol. The molecule has 0 spiro atoms. The SMILES string of the molecule is Cc1ccn2nc(SCC(=O)c3ccccc3)c(C#N)c2c1. The number of rotatable bonds is 4. The van der Waals surface area contributed by atoms with Crippen LogP contribution >= 0.6 is 11.8 Å². The van der Waals surface area contributed by atoms with E-state index in [1.807, 2.05) is 43.5 Å². The van der Waals surface area contributed by atoms with E-state index in [-0.39, 0.29) is 11.5 Å². The number of aryl methyl sites for hydroxylation is 1. The first-order valence-corrected chi connectivity index (χ1v) is 7.78. The molecule has 1 aromatic carbocycles. The molecule has 0 aliphatic heterocycles. The van der Waals surface area contributed by atoms with Crippen LogP contribution in [-0.4, -0.2) is 21.2 Å². The summed E-state index contributed by atoms with van der Waals surface area (Å²) in [5, 5.41) is 14.4.